The number of benzene rings is 4. The van der Waals surface area contributed by atoms with E-state index >= 15 is 0 Å². The largest absolute Gasteiger partial charge is 0.508 e. The molecule has 4 nitrogen and oxygen atoms in total. The third kappa shape index (κ3) is 7.56. The summed E-state index contributed by atoms with van der Waals surface area (Å²) in [5.41, 5.74) is 4.54. The molecule has 35 heavy (non-hydrogen) atoms. The number of carbonyl (C=O) groups excluding carboxylic acids is 1. The predicted octanol–water partition coefficient (Wildman–Crippen LogP) is 5.83. The summed E-state index contributed by atoms with van der Waals surface area (Å²) < 4.78 is 5.91. The smallest absolute Gasteiger partial charge is 0.137 e. The maximum atomic E-state index is 12.1. The van der Waals surface area contributed by atoms with Crippen LogP contribution in [-0.2, 0) is 30.8 Å². The maximum Gasteiger partial charge on any atom is 0.137 e. The van der Waals surface area contributed by atoms with E-state index in [0.29, 0.717) is 19.6 Å². The molecule has 0 spiro atoms. The Labute approximate surface area is 207 Å². The van der Waals surface area contributed by atoms with Crippen molar-refractivity contribution in [3.8, 4) is 11.5 Å². The Morgan fingerprint density at radius 2 is 1.31 bits per heavy atom. The van der Waals surface area contributed by atoms with Gasteiger partial charge < -0.3 is 14.6 Å². The summed E-state index contributed by atoms with van der Waals surface area (Å²) in [6, 6.07) is 35.4. The van der Waals surface area contributed by atoms with Gasteiger partial charge in [-0.15, -0.1) is 0 Å². The lowest BCUT2D eigenvalue weighted by Gasteiger charge is -2.28. The van der Waals surface area contributed by atoms with Crippen molar-refractivity contribution in [2.45, 2.75) is 32.0 Å². The Balaban J connectivity index is 1.40. The molecule has 0 aliphatic heterocycles. The van der Waals surface area contributed by atoms with Crippen molar-refractivity contribution in [2.24, 2.45) is 0 Å². The summed E-state index contributed by atoms with van der Waals surface area (Å²) >= 11 is 0. The van der Waals surface area contributed by atoms with E-state index in [1.54, 1.807) is 12.1 Å². The molecule has 0 aliphatic rings. The fourth-order valence-corrected chi connectivity index (χ4v) is 4.08. The molecule has 4 rings (SSSR count). The van der Waals surface area contributed by atoms with Crippen molar-refractivity contribution in [1.82, 2.24) is 4.90 Å². The van der Waals surface area contributed by atoms with Gasteiger partial charge in [-0.3, -0.25) is 4.90 Å². The summed E-state index contributed by atoms with van der Waals surface area (Å²) in [7, 11) is 0. The number of aromatic hydroxyl groups is 1. The molecule has 0 aliphatic carbocycles. The topological polar surface area (TPSA) is 49.8 Å². The summed E-state index contributed by atoms with van der Waals surface area (Å²) in [4.78, 5) is 14.4. The highest BCUT2D eigenvalue weighted by molar-refractivity contribution is 5.58. The number of hydrogen-bond acceptors (Lipinski definition) is 4. The molecule has 4 heteroatoms. The summed E-state index contributed by atoms with van der Waals surface area (Å²) in [6.07, 6.45) is 2.46. The molecule has 0 amide bonds. The van der Waals surface area contributed by atoms with Crippen LogP contribution in [0.25, 0.3) is 0 Å². The van der Waals surface area contributed by atoms with Crippen molar-refractivity contribution < 1.29 is 14.6 Å². The SMILES string of the molecule is O=CC(Cc1ccc(O)cc1)N(CCc1ccc(OCc2ccccc2)cc1)Cc1ccccc1. The number of carbonyl (C=O) groups is 1. The number of aldehydes is 1. The highest BCUT2D eigenvalue weighted by atomic mass is 16.5. The van der Waals surface area contributed by atoms with Gasteiger partial charge in [-0.1, -0.05) is 84.9 Å². The molecule has 0 saturated carbocycles. The van der Waals surface area contributed by atoms with Crippen LogP contribution in [0.2, 0.25) is 0 Å². The number of phenolic OH excluding ortho intramolecular Hbond substituents is 1. The fraction of sp³-hybridized carbons (Fsp3) is 0.194. The molecule has 0 heterocycles. The van der Waals surface area contributed by atoms with Crippen LogP contribution in [0.1, 0.15) is 22.3 Å². The standard InChI is InChI=1S/C31H31NO3/c33-23-29(21-26-11-15-30(34)16-12-26)32(22-27-7-3-1-4-8-27)20-19-25-13-17-31(18-14-25)35-24-28-9-5-2-6-10-28/h1-18,23,29,34H,19-22,24H2. The maximum absolute atomic E-state index is 12.1. The van der Waals surface area contributed by atoms with E-state index in [0.717, 1.165) is 36.1 Å². The fourth-order valence-electron chi connectivity index (χ4n) is 4.08. The molecular weight excluding hydrogens is 434 g/mol. The monoisotopic (exact) mass is 465 g/mol. The number of hydrogen-bond donors (Lipinski definition) is 1. The van der Waals surface area contributed by atoms with Gasteiger partial charge in [0.1, 0.15) is 24.4 Å². The van der Waals surface area contributed by atoms with Crippen LogP contribution < -0.4 is 4.74 Å². The first-order chi connectivity index (χ1) is 17.2. The van der Waals surface area contributed by atoms with E-state index in [1.807, 2.05) is 60.7 Å². The molecule has 0 saturated heterocycles. The normalized spacial score (nSPS) is 11.8. The third-order valence-corrected chi connectivity index (χ3v) is 6.10. The highest BCUT2D eigenvalue weighted by Gasteiger charge is 2.19. The second kappa shape index (κ2) is 12.5. The van der Waals surface area contributed by atoms with Crippen LogP contribution in [-0.4, -0.2) is 28.9 Å². The molecule has 0 radical (unpaired) electrons. The summed E-state index contributed by atoms with van der Waals surface area (Å²) in [5.74, 6) is 1.07. The second-order valence-corrected chi connectivity index (χ2v) is 8.70. The van der Waals surface area contributed by atoms with Crippen LogP contribution in [0.4, 0.5) is 0 Å². The average Bonchev–Trinajstić information content (AvgIpc) is 2.91. The van der Waals surface area contributed by atoms with E-state index < -0.39 is 0 Å². The van der Waals surface area contributed by atoms with Crippen LogP contribution in [0, 0.1) is 0 Å². The van der Waals surface area contributed by atoms with Crippen molar-refractivity contribution >= 4 is 6.29 Å². The zero-order chi connectivity index (χ0) is 24.3. The van der Waals surface area contributed by atoms with E-state index in [1.165, 1.54) is 11.1 Å². The first kappa shape index (κ1) is 24.2. The molecule has 1 N–H and O–H groups in total. The van der Waals surface area contributed by atoms with Gasteiger partial charge in [0.15, 0.2) is 0 Å². The molecule has 0 fully saturated rings. The lowest BCUT2D eigenvalue weighted by Crippen LogP contribution is -2.39. The van der Waals surface area contributed by atoms with E-state index in [-0.39, 0.29) is 11.8 Å². The van der Waals surface area contributed by atoms with Crippen molar-refractivity contribution in [2.75, 3.05) is 6.54 Å². The third-order valence-electron chi connectivity index (χ3n) is 6.10. The van der Waals surface area contributed by atoms with E-state index in [2.05, 4.69) is 41.3 Å². The predicted molar refractivity (Wildman–Crippen MR) is 139 cm³/mol. The van der Waals surface area contributed by atoms with Crippen LogP contribution in [0.5, 0.6) is 11.5 Å². The summed E-state index contributed by atoms with van der Waals surface area (Å²) in [6.45, 7) is 1.99. The number of nitrogens with zero attached hydrogens (tertiary/aromatic N) is 1. The Morgan fingerprint density at radius 1 is 0.714 bits per heavy atom. The lowest BCUT2D eigenvalue weighted by molar-refractivity contribution is -0.112. The van der Waals surface area contributed by atoms with Gasteiger partial charge in [0.25, 0.3) is 0 Å². The summed E-state index contributed by atoms with van der Waals surface area (Å²) in [5, 5.41) is 9.58. The molecular formula is C31H31NO3. The van der Waals surface area contributed by atoms with Crippen molar-refractivity contribution in [3.05, 3.63) is 131 Å². The van der Waals surface area contributed by atoms with Crippen LogP contribution in [0.3, 0.4) is 0 Å². The van der Waals surface area contributed by atoms with Gasteiger partial charge in [0, 0.05) is 13.1 Å². The van der Waals surface area contributed by atoms with Crippen molar-refractivity contribution in [3.63, 3.8) is 0 Å². The quantitative estimate of drug-likeness (QED) is 0.268. The highest BCUT2D eigenvalue weighted by Crippen LogP contribution is 2.18. The first-order valence-electron chi connectivity index (χ1n) is 12.0. The lowest BCUT2D eigenvalue weighted by atomic mass is 10.0. The minimum atomic E-state index is -0.256. The van der Waals surface area contributed by atoms with Gasteiger partial charge in [-0.25, -0.2) is 0 Å². The molecule has 4 aromatic carbocycles. The second-order valence-electron chi connectivity index (χ2n) is 8.70. The van der Waals surface area contributed by atoms with E-state index in [4.69, 9.17) is 4.74 Å². The van der Waals surface area contributed by atoms with Gasteiger partial charge in [-0.2, -0.15) is 0 Å². The Morgan fingerprint density at radius 3 is 1.94 bits per heavy atom. The number of phenols is 1. The first-order valence-corrected chi connectivity index (χ1v) is 12.0. The molecule has 1 atom stereocenters. The molecule has 4 aromatic rings. The van der Waals surface area contributed by atoms with E-state index in [9.17, 15) is 9.90 Å². The zero-order valence-corrected chi connectivity index (χ0v) is 19.8. The molecule has 1 unspecified atom stereocenters. The average molecular weight is 466 g/mol. The van der Waals surface area contributed by atoms with Gasteiger partial charge in [-0.05, 0) is 59.4 Å². The van der Waals surface area contributed by atoms with Crippen molar-refractivity contribution in [1.29, 1.82) is 0 Å². The molecule has 0 aromatic heterocycles. The minimum Gasteiger partial charge on any atom is -0.508 e. The number of rotatable bonds is 12. The number of ether oxygens (including phenoxy) is 1. The molecule has 0 bridgehead atoms. The Kier molecular flexibility index (Phi) is 8.68. The van der Waals surface area contributed by atoms with Gasteiger partial charge in [0.05, 0.1) is 6.04 Å². The van der Waals surface area contributed by atoms with Crippen LogP contribution in [0.15, 0.2) is 109 Å². The Bertz CT molecular complexity index is 1160. The van der Waals surface area contributed by atoms with Crippen LogP contribution >= 0.6 is 0 Å². The Hall–Kier alpha value is -3.89. The zero-order valence-electron chi connectivity index (χ0n) is 19.8. The minimum absolute atomic E-state index is 0.230. The molecule has 178 valence electrons. The van der Waals surface area contributed by atoms with Gasteiger partial charge in [0.2, 0.25) is 0 Å². The van der Waals surface area contributed by atoms with Gasteiger partial charge >= 0.3 is 0 Å².